The molecule has 0 radical (unpaired) electrons. The maximum atomic E-state index is 12.6. The first-order chi connectivity index (χ1) is 13.6. The van der Waals surface area contributed by atoms with E-state index in [4.69, 9.17) is 9.47 Å². The highest BCUT2D eigenvalue weighted by Gasteiger charge is 2.47. The number of carbonyl (C=O) groups is 1. The van der Waals surface area contributed by atoms with Gasteiger partial charge in [0.05, 0.1) is 6.61 Å². The van der Waals surface area contributed by atoms with E-state index in [0.29, 0.717) is 0 Å². The first kappa shape index (κ1) is 20.6. The molecule has 4 N–H and O–H groups in total. The average Bonchev–Trinajstić information content (AvgIpc) is 2.95. The Morgan fingerprint density at radius 2 is 1.97 bits per heavy atom. The number of aryl methyl sites for hydroxylation is 1. The number of phenolic OH excluding ortho intramolecular Hbond substituents is 2. The molecule has 2 aromatic rings. The smallest absolute Gasteiger partial charge is 0.342 e. The molecule has 2 heterocycles. The maximum Gasteiger partial charge on any atom is 0.342 e. The minimum absolute atomic E-state index is 0.218. The fourth-order valence-corrected chi connectivity index (χ4v) is 3.20. The topological polar surface area (TPSA) is 160 Å². The Morgan fingerprint density at radius 1 is 1.28 bits per heavy atom. The predicted octanol–water partition coefficient (Wildman–Crippen LogP) is -1.26. The van der Waals surface area contributed by atoms with E-state index in [1.54, 1.807) is 0 Å². The minimum atomic E-state index is -1.49. The Morgan fingerprint density at radius 3 is 2.59 bits per heavy atom. The molecule has 0 bridgehead atoms. The van der Waals surface area contributed by atoms with Crippen LogP contribution in [0, 0.1) is 6.92 Å². The Kier molecular flexibility index (Phi) is 5.46. The van der Waals surface area contributed by atoms with E-state index in [1.807, 2.05) is 0 Å². The molecule has 11 nitrogen and oxygen atoms in total. The van der Waals surface area contributed by atoms with Crippen LogP contribution in [-0.2, 0) is 16.5 Å². The van der Waals surface area contributed by atoms with Crippen molar-refractivity contribution in [3.8, 4) is 11.5 Å². The van der Waals surface area contributed by atoms with Gasteiger partial charge in [-0.05, 0) is 18.6 Å². The van der Waals surface area contributed by atoms with Gasteiger partial charge in [-0.2, -0.15) is 0 Å². The number of benzene rings is 1. The van der Waals surface area contributed by atoms with Gasteiger partial charge in [0.15, 0.2) is 12.3 Å². The number of rotatable bonds is 4. The molecule has 156 valence electrons. The van der Waals surface area contributed by atoms with Crippen LogP contribution in [0.2, 0.25) is 0 Å². The van der Waals surface area contributed by atoms with Crippen molar-refractivity contribution in [2.45, 2.75) is 31.5 Å². The largest absolute Gasteiger partial charge is 0.508 e. The molecule has 1 saturated heterocycles. The molecule has 1 aromatic carbocycles. The van der Waals surface area contributed by atoms with Crippen LogP contribution in [0.1, 0.15) is 22.1 Å². The number of aromatic hydroxyl groups is 2. The van der Waals surface area contributed by atoms with E-state index < -0.39 is 54.1 Å². The van der Waals surface area contributed by atoms with Crippen LogP contribution < -0.4 is 11.2 Å². The first-order valence-electron chi connectivity index (χ1n) is 8.61. The number of ether oxygens (including phenoxy) is 2. The molecule has 1 aliphatic rings. The summed E-state index contributed by atoms with van der Waals surface area (Å²) in [6.07, 6.45) is -4.27. The zero-order chi connectivity index (χ0) is 21.5. The molecular formula is C18H20N2O9. The summed E-state index contributed by atoms with van der Waals surface area (Å²) >= 11 is 0. The number of hydrogen-bond acceptors (Lipinski definition) is 9. The molecule has 0 saturated carbocycles. The van der Waals surface area contributed by atoms with Crippen molar-refractivity contribution in [3.63, 3.8) is 0 Å². The van der Waals surface area contributed by atoms with E-state index in [1.165, 1.54) is 20.0 Å². The van der Waals surface area contributed by atoms with Crippen molar-refractivity contribution < 1.29 is 34.7 Å². The standard InChI is InChI=1S/C18H20N2O9/c1-8-5-9(22)6-10(23)13(8)17(26)29-15-14(25)11(7-21)28-16(15)20-4-3-12(24)19(2)18(20)27/h3-6,11,14-16,21-23,25H,7H2,1-2H3/t11-,14-,15-,16-/m1/s1. The average molecular weight is 408 g/mol. The number of aliphatic hydroxyl groups excluding tert-OH is 2. The monoisotopic (exact) mass is 408 g/mol. The van der Waals surface area contributed by atoms with Crippen LogP contribution >= 0.6 is 0 Å². The van der Waals surface area contributed by atoms with Crippen molar-refractivity contribution in [1.29, 1.82) is 0 Å². The fraction of sp³-hybridized carbons (Fsp3) is 0.389. The molecule has 1 fully saturated rings. The van der Waals surface area contributed by atoms with Gasteiger partial charge in [-0.25, -0.2) is 9.59 Å². The summed E-state index contributed by atoms with van der Waals surface area (Å²) in [5, 5.41) is 39.3. The molecule has 29 heavy (non-hydrogen) atoms. The zero-order valence-corrected chi connectivity index (χ0v) is 15.6. The predicted molar refractivity (Wildman–Crippen MR) is 96.7 cm³/mol. The fourth-order valence-electron chi connectivity index (χ4n) is 3.20. The summed E-state index contributed by atoms with van der Waals surface area (Å²) in [6, 6.07) is 3.29. The van der Waals surface area contributed by atoms with Crippen LogP contribution in [0.3, 0.4) is 0 Å². The number of hydrogen-bond donors (Lipinski definition) is 4. The van der Waals surface area contributed by atoms with E-state index in [9.17, 15) is 34.8 Å². The third-order valence-electron chi connectivity index (χ3n) is 4.73. The molecule has 11 heteroatoms. The van der Waals surface area contributed by atoms with Gasteiger partial charge in [0.2, 0.25) is 0 Å². The van der Waals surface area contributed by atoms with Crippen LogP contribution in [0.25, 0.3) is 0 Å². The summed E-state index contributed by atoms with van der Waals surface area (Å²) in [5.41, 5.74) is -1.37. The molecule has 0 spiro atoms. The summed E-state index contributed by atoms with van der Waals surface area (Å²) < 4.78 is 12.6. The number of esters is 1. The van der Waals surface area contributed by atoms with E-state index >= 15 is 0 Å². The zero-order valence-electron chi connectivity index (χ0n) is 15.6. The Bertz CT molecular complexity index is 1040. The van der Waals surface area contributed by atoms with Gasteiger partial charge in [0.1, 0.15) is 29.3 Å². The number of carbonyl (C=O) groups excluding carboxylic acids is 1. The Labute approximate surface area is 163 Å². The molecule has 4 atom stereocenters. The molecule has 0 aliphatic carbocycles. The molecule has 0 amide bonds. The quantitative estimate of drug-likeness (QED) is 0.453. The maximum absolute atomic E-state index is 12.6. The van der Waals surface area contributed by atoms with Crippen LogP contribution in [0.5, 0.6) is 11.5 Å². The number of nitrogens with zero attached hydrogens (tertiary/aromatic N) is 2. The van der Waals surface area contributed by atoms with Crippen LogP contribution in [-0.4, -0.2) is 60.4 Å². The van der Waals surface area contributed by atoms with Crippen LogP contribution in [0.4, 0.5) is 0 Å². The lowest BCUT2D eigenvalue weighted by Gasteiger charge is -2.23. The molecule has 1 aliphatic heterocycles. The number of phenols is 2. The SMILES string of the molecule is Cc1cc(O)cc(O)c1C(=O)O[C@@H]1[C@H](O)[C@@H](CO)O[C@H]1n1ccc(=O)n(C)c1=O. The lowest BCUT2D eigenvalue weighted by molar-refractivity contribution is -0.0608. The van der Waals surface area contributed by atoms with Gasteiger partial charge in [0.25, 0.3) is 5.56 Å². The highest BCUT2D eigenvalue weighted by Crippen LogP contribution is 2.33. The summed E-state index contributed by atoms with van der Waals surface area (Å²) in [4.78, 5) is 36.7. The normalized spacial score (nSPS) is 23.9. The third kappa shape index (κ3) is 3.62. The molecular weight excluding hydrogens is 388 g/mol. The van der Waals surface area contributed by atoms with Gasteiger partial charge in [-0.1, -0.05) is 0 Å². The van der Waals surface area contributed by atoms with Crippen molar-refractivity contribution >= 4 is 5.97 Å². The second kappa shape index (κ2) is 7.70. The minimum Gasteiger partial charge on any atom is -0.508 e. The lowest BCUT2D eigenvalue weighted by Crippen LogP contribution is -2.43. The second-order valence-corrected chi connectivity index (χ2v) is 6.67. The van der Waals surface area contributed by atoms with Crippen molar-refractivity contribution in [1.82, 2.24) is 9.13 Å². The molecule has 1 aromatic heterocycles. The van der Waals surface area contributed by atoms with E-state index in [2.05, 4.69) is 0 Å². The van der Waals surface area contributed by atoms with Gasteiger partial charge < -0.3 is 29.9 Å². The Balaban J connectivity index is 1.99. The van der Waals surface area contributed by atoms with E-state index in [0.717, 1.165) is 27.5 Å². The van der Waals surface area contributed by atoms with Gasteiger partial charge in [-0.15, -0.1) is 0 Å². The van der Waals surface area contributed by atoms with Crippen LogP contribution in [0.15, 0.2) is 34.0 Å². The molecule has 3 rings (SSSR count). The van der Waals surface area contributed by atoms with Gasteiger partial charge >= 0.3 is 11.7 Å². The highest BCUT2D eigenvalue weighted by atomic mass is 16.6. The van der Waals surface area contributed by atoms with E-state index in [-0.39, 0.29) is 16.9 Å². The molecule has 0 unspecified atom stereocenters. The summed E-state index contributed by atoms with van der Waals surface area (Å²) in [5.74, 6) is -1.82. The number of aliphatic hydroxyl groups is 2. The van der Waals surface area contributed by atoms with Crippen molar-refractivity contribution in [2.75, 3.05) is 6.61 Å². The number of aromatic nitrogens is 2. The Hall–Kier alpha value is -3.15. The summed E-state index contributed by atoms with van der Waals surface area (Å²) in [6.45, 7) is 0.846. The second-order valence-electron chi connectivity index (χ2n) is 6.67. The van der Waals surface area contributed by atoms with Gasteiger partial charge in [-0.3, -0.25) is 13.9 Å². The van der Waals surface area contributed by atoms with Gasteiger partial charge in [0, 0.05) is 25.4 Å². The highest BCUT2D eigenvalue weighted by molar-refractivity contribution is 5.94. The van der Waals surface area contributed by atoms with Crippen molar-refractivity contribution in [2.24, 2.45) is 7.05 Å². The lowest BCUT2D eigenvalue weighted by atomic mass is 10.1. The summed E-state index contributed by atoms with van der Waals surface area (Å²) in [7, 11) is 1.24. The third-order valence-corrected chi connectivity index (χ3v) is 4.73. The van der Waals surface area contributed by atoms with Crippen molar-refractivity contribution in [3.05, 3.63) is 56.4 Å². The first-order valence-corrected chi connectivity index (χ1v) is 8.61.